The number of amides is 1. The molecular weight excluding hydrogens is 1530 g/mol. The van der Waals surface area contributed by atoms with Gasteiger partial charge in [-0.25, -0.2) is 15.0 Å². The number of hydrogen-bond acceptors (Lipinski definition) is 8. The summed E-state index contributed by atoms with van der Waals surface area (Å²) in [6.07, 6.45) is 10.7. The molecule has 11 nitrogen and oxygen atoms in total. The molecule has 0 bridgehead atoms. The highest BCUT2D eigenvalue weighted by Crippen LogP contribution is 2.33. The number of aryl methyl sites for hydroxylation is 9. The van der Waals surface area contributed by atoms with Gasteiger partial charge in [-0.15, -0.1) is 34.0 Å². The van der Waals surface area contributed by atoms with Gasteiger partial charge in [0, 0.05) is 118 Å². The van der Waals surface area contributed by atoms with Gasteiger partial charge in [0.1, 0.15) is 25.6 Å². The second-order valence-corrected chi connectivity index (χ2v) is 31.5. The lowest BCUT2D eigenvalue weighted by Crippen LogP contribution is -2.12. The first-order chi connectivity index (χ1) is 49.2. The molecule has 12 aromatic heterocycles. The molecule has 0 radical (unpaired) electrons. The number of nitrogens with two attached hydrogens (primary N) is 1. The smallest absolute Gasteiger partial charge is 0.248 e. The van der Waals surface area contributed by atoms with Gasteiger partial charge in [-0.1, -0.05) is 170 Å². The number of thiophene rings is 3. The van der Waals surface area contributed by atoms with Crippen LogP contribution in [0.5, 0.6) is 0 Å². The number of halogens is 9. The molecule has 23 heteroatoms. The molecule has 0 spiro atoms. The van der Waals surface area contributed by atoms with Crippen LogP contribution in [0.15, 0.2) is 201 Å². The van der Waals surface area contributed by atoms with Crippen molar-refractivity contribution in [2.45, 2.75) is 62.3 Å². The van der Waals surface area contributed by atoms with Gasteiger partial charge in [-0.3, -0.25) is 9.78 Å². The van der Waals surface area contributed by atoms with E-state index in [-0.39, 0.29) is 0 Å². The number of nitrogens with one attached hydrogen (secondary N) is 5. The Bertz CT molecular complexity index is 5550. The van der Waals surface area contributed by atoms with Crippen LogP contribution in [0.2, 0.25) is 44.1 Å². The van der Waals surface area contributed by atoms with Crippen molar-refractivity contribution in [3.63, 3.8) is 0 Å². The summed E-state index contributed by atoms with van der Waals surface area (Å²) in [7, 11) is 0. The van der Waals surface area contributed by atoms with Crippen molar-refractivity contribution in [2.75, 3.05) is 0 Å². The number of pyridine rings is 4. The molecular formula is C80H67Cl9N10OS3. The third-order valence-electron chi connectivity index (χ3n) is 15.6. The zero-order valence-corrected chi connectivity index (χ0v) is 66.2. The summed E-state index contributed by atoms with van der Waals surface area (Å²) in [5.74, 6) is -0.408. The Morgan fingerprint density at radius 2 is 0.990 bits per heavy atom. The maximum Gasteiger partial charge on any atom is 0.248 e. The van der Waals surface area contributed by atoms with Crippen molar-refractivity contribution < 1.29 is 4.79 Å². The zero-order valence-electron chi connectivity index (χ0n) is 57.0. The second kappa shape index (κ2) is 35.5. The summed E-state index contributed by atoms with van der Waals surface area (Å²) in [5, 5.41) is 16.9. The molecule has 6 aromatic carbocycles. The normalized spacial score (nSPS) is 10.7. The Morgan fingerprint density at radius 3 is 1.73 bits per heavy atom. The molecule has 12 heterocycles. The van der Waals surface area contributed by atoms with Crippen LogP contribution in [-0.2, 0) is 0 Å². The fourth-order valence-electron chi connectivity index (χ4n) is 10.6. The van der Waals surface area contributed by atoms with E-state index in [1.807, 2.05) is 131 Å². The number of H-pyrrole nitrogens is 5. The molecule has 0 aliphatic heterocycles. The maximum absolute atomic E-state index is 11.1. The van der Waals surface area contributed by atoms with Crippen molar-refractivity contribution >= 4 is 240 Å². The van der Waals surface area contributed by atoms with Gasteiger partial charge in [0.2, 0.25) is 5.91 Å². The minimum absolute atomic E-state index is 0.408. The fourth-order valence-corrected chi connectivity index (χ4v) is 15.3. The van der Waals surface area contributed by atoms with E-state index in [0.717, 1.165) is 116 Å². The van der Waals surface area contributed by atoms with Crippen LogP contribution >= 0.6 is 138 Å². The summed E-state index contributed by atoms with van der Waals surface area (Å²) in [6, 6.07) is 53.9. The van der Waals surface area contributed by atoms with E-state index < -0.39 is 5.91 Å². The maximum atomic E-state index is 11.1. The molecule has 18 aromatic rings. The van der Waals surface area contributed by atoms with Gasteiger partial charge in [0.25, 0.3) is 0 Å². The Kier molecular flexibility index (Phi) is 26.7. The Balaban J connectivity index is 0.000000125. The molecule has 524 valence electrons. The minimum atomic E-state index is -0.408. The van der Waals surface area contributed by atoms with Crippen molar-refractivity contribution in [3.05, 3.63) is 300 Å². The van der Waals surface area contributed by atoms with Gasteiger partial charge < -0.3 is 30.7 Å². The third-order valence-corrected chi connectivity index (χ3v) is 20.9. The highest BCUT2D eigenvalue weighted by atomic mass is 35.5. The van der Waals surface area contributed by atoms with Crippen molar-refractivity contribution in [1.82, 2.24) is 44.9 Å². The number of hydrogen-bond donors (Lipinski definition) is 6. The topological polar surface area (TPSA) is 174 Å². The van der Waals surface area contributed by atoms with E-state index in [1.54, 1.807) is 64.9 Å². The molecule has 0 aliphatic rings. The van der Waals surface area contributed by atoms with E-state index in [2.05, 4.69) is 146 Å². The number of aromatic nitrogens is 9. The predicted octanol–water partition coefficient (Wildman–Crippen LogP) is 27.7. The average molecular weight is 1600 g/mol. The molecule has 7 N–H and O–H groups in total. The Labute approximate surface area is 652 Å². The fraction of sp³-hybridized carbons (Fsp3) is 0.113. The molecule has 0 unspecified atom stereocenters. The first-order valence-electron chi connectivity index (χ1n) is 31.8. The van der Waals surface area contributed by atoms with Crippen molar-refractivity contribution in [1.29, 1.82) is 0 Å². The molecule has 1 amide bonds. The molecule has 0 saturated carbocycles. The van der Waals surface area contributed by atoms with Gasteiger partial charge in [0.15, 0.2) is 0 Å². The summed E-state index contributed by atoms with van der Waals surface area (Å²) in [5.41, 5.74) is 18.9. The number of aromatic amines is 5. The van der Waals surface area contributed by atoms with Crippen LogP contribution in [-0.4, -0.2) is 50.8 Å². The average Bonchev–Trinajstić information content (AvgIpc) is 1.26. The van der Waals surface area contributed by atoms with E-state index in [1.165, 1.54) is 58.0 Å². The largest absolute Gasteiger partial charge is 0.366 e. The quantitative estimate of drug-likeness (QED) is 0.0896. The highest BCUT2D eigenvalue weighted by Gasteiger charge is 2.09. The Hall–Kier alpha value is -8.16. The monoisotopic (exact) mass is 1590 g/mol. The third kappa shape index (κ3) is 21.3. The number of primary amides is 1. The summed E-state index contributed by atoms with van der Waals surface area (Å²) < 4.78 is 2.99. The lowest BCUT2D eigenvalue weighted by molar-refractivity contribution is 0.0999. The minimum Gasteiger partial charge on any atom is -0.366 e. The van der Waals surface area contributed by atoms with Crippen LogP contribution in [0.25, 0.3) is 95.8 Å². The van der Waals surface area contributed by atoms with Crippen LogP contribution in [0, 0.1) is 62.3 Å². The molecule has 0 aliphatic carbocycles. The van der Waals surface area contributed by atoms with E-state index in [0.29, 0.717) is 20.9 Å². The van der Waals surface area contributed by atoms with E-state index in [9.17, 15) is 4.79 Å². The van der Waals surface area contributed by atoms with Crippen LogP contribution in [0.1, 0.15) is 60.1 Å². The van der Waals surface area contributed by atoms with Gasteiger partial charge in [-0.05, 0) is 210 Å². The lowest BCUT2D eigenvalue weighted by Gasteiger charge is -2.05. The number of rotatable bonds is 1. The molecule has 103 heavy (non-hydrogen) atoms. The molecule has 0 fully saturated rings. The van der Waals surface area contributed by atoms with Crippen LogP contribution < -0.4 is 5.73 Å². The SMILES string of the molecule is Cc1cc2[nH]cc(Cl)c2cn1.Cc1cc2c(Cl)c[nH]c2s1.Cc1cc2cc(Cl)sc2[nH]1.Cc1cc2ccc(Cl)cc2cc1C(N)=O.Cc1ccc2c(Cl)c[nH]c2c1.Cc1ccc2c(Cl)c[nH]c2n1.Cc1ccc2cc(Cl)ncc2c1.Cc1ccc2cc(Cl)sc2c1.Cc1ccc2nc(Cl)ccc2c1. The van der Waals surface area contributed by atoms with Gasteiger partial charge >= 0.3 is 0 Å². The van der Waals surface area contributed by atoms with Crippen molar-refractivity contribution in [2.24, 2.45) is 5.73 Å². The number of nitrogens with zero attached hydrogens (tertiary/aromatic N) is 4. The molecule has 18 rings (SSSR count). The van der Waals surface area contributed by atoms with Gasteiger partial charge in [0.05, 0.1) is 39.8 Å². The molecule has 0 atom stereocenters. The van der Waals surface area contributed by atoms with Crippen LogP contribution in [0.3, 0.4) is 0 Å². The summed E-state index contributed by atoms with van der Waals surface area (Å²) in [6.45, 7) is 18.2. The predicted molar refractivity (Wildman–Crippen MR) is 448 cm³/mol. The van der Waals surface area contributed by atoms with E-state index >= 15 is 0 Å². The number of fused-ring (bicyclic) bond motifs is 9. The number of benzene rings is 6. The Morgan fingerprint density at radius 1 is 0.398 bits per heavy atom. The molecule has 0 saturated heterocycles. The van der Waals surface area contributed by atoms with E-state index in [4.69, 9.17) is 110 Å². The highest BCUT2D eigenvalue weighted by molar-refractivity contribution is 7.23. The summed E-state index contributed by atoms with van der Waals surface area (Å²) >= 11 is 57.4. The van der Waals surface area contributed by atoms with Gasteiger partial charge in [-0.2, -0.15) is 0 Å². The zero-order chi connectivity index (χ0) is 73.8. The van der Waals surface area contributed by atoms with Crippen LogP contribution in [0.4, 0.5) is 0 Å². The number of carbonyl (C=O) groups is 1. The first-order valence-corrected chi connectivity index (χ1v) is 37.6. The van der Waals surface area contributed by atoms with Crippen molar-refractivity contribution in [3.8, 4) is 0 Å². The summed E-state index contributed by atoms with van der Waals surface area (Å²) in [4.78, 5) is 46.8. The first kappa shape index (κ1) is 77.5. The number of carbonyl (C=O) groups excluding carboxylic acids is 1. The second-order valence-electron chi connectivity index (χ2n) is 24.0. The standard InChI is InChI=1S/C12H10ClNO.2C10H8ClN.C9H8ClN.C9H7ClS.2C8H7ClN2.2C7H6ClNS/c1-7-4-8-2-3-10(13)5-9(8)6-11(7)12(14)15;1-7-2-4-9-8(6-7)3-5-10(11)12-9;1-7-2-3-8-5-10(11)12-6-9(8)4-7;1-6-2-3-7-8(10)5-11-9(7)4-6;1-6-2-3-7-5-9(10)11-8(7)4-6;1-5-2-8-6(3-10-5)7(9)4-11-8;1-5-2-3-6-7(9)4-10-8(6)11-5;1-4-2-5-6(8)3-9-7(5)10-4;1-4-2-5-3-6(8)10-7(5)9-4/h2-6H,1H3,(H2,14,15);2*2-6H,1H3;2-5,11H,1H3;2-5H,1H3;2-4,11H,1H3;2-4H,1H3,(H,10,11);2*2-3,9H,1H3. The lowest BCUT2D eigenvalue weighted by atomic mass is 10.0.